The predicted molar refractivity (Wildman–Crippen MR) is 133 cm³/mol. The molecule has 11 heteroatoms. The molecule has 0 unspecified atom stereocenters. The van der Waals surface area contributed by atoms with Crippen molar-refractivity contribution >= 4 is 50.7 Å². The van der Waals surface area contributed by atoms with Gasteiger partial charge < -0.3 is 10.2 Å². The van der Waals surface area contributed by atoms with Crippen LogP contribution in [0.4, 0.5) is 10.1 Å². The molecule has 0 fully saturated rings. The number of hydrogen-bond donors (Lipinski definition) is 1. The molecule has 2 aromatic carbocycles. The largest absolute Gasteiger partial charge is 0.352 e. The van der Waals surface area contributed by atoms with E-state index in [0.29, 0.717) is 22.0 Å². The Morgan fingerprint density at radius 3 is 2.35 bits per heavy atom. The molecule has 0 saturated heterocycles. The average Bonchev–Trinajstić information content (AvgIpc) is 2.75. The minimum Gasteiger partial charge on any atom is -0.352 e. The fourth-order valence-corrected chi connectivity index (χ4v) is 4.44. The van der Waals surface area contributed by atoms with Crippen LogP contribution >= 0.6 is 23.2 Å². The van der Waals surface area contributed by atoms with Gasteiger partial charge in [-0.2, -0.15) is 0 Å². The van der Waals surface area contributed by atoms with Crippen molar-refractivity contribution in [1.82, 2.24) is 10.2 Å². The van der Waals surface area contributed by atoms with E-state index in [1.165, 1.54) is 29.2 Å². The van der Waals surface area contributed by atoms with Gasteiger partial charge in [0.05, 0.1) is 11.9 Å². The third-order valence-corrected chi connectivity index (χ3v) is 7.03. The zero-order valence-corrected chi connectivity index (χ0v) is 21.7. The lowest BCUT2D eigenvalue weighted by molar-refractivity contribution is -0.139. The molecule has 1 N–H and O–H groups in total. The Morgan fingerprint density at radius 2 is 1.79 bits per heavy atom. The second kappa shape index (κ2) is 11.9. The number of halogens is 3. The first-order valence-electron chi connectivity index (χ1n) is 10.6. The van der Waals surface area contributed by atoms with E-state index in [1.54, 1.807) is 19.1 Å². The molecule has 186 valence electrons. The number of carbonyl (C=O) groups is 2. The van der Waals surface area contributed by atoms with Crippen molar-refractivity contribution in [1.29, 1.82) is 0 Å². The summed E-state index contributed by atoms with van der Waals surface area (Å²) in [5.74, 6) is -1.71. The van der Waals surface area contributed by atoms with Gasteiger partial charge in [-0.1, -0.05) is 42.3 Å². The summed E-state index contributed by atoms with van der Waals surface area (Å²) >= 11 is 12.3. The summed E-state index contributed by atoms with van der Waals surface area (Å²) in [4.78, 5) is 27.5. The van der Waals surface area contributed by atoms with E-state index in [-0.39, 0.29) is 18.3 Å². The van der Waals surface area contributed by atoms with E-state index in [1.807, 2.05) is 13.8 Å². The molecule has 0 saturated carbocycles. The smallest absolute Gasteiger partial charge is 0.244 e. The molecule has 34 heavy (non-hydrogen) atoms. The molecule has 0 aliphatic carbocycles. The quantitative estimate of drug-likeness (QED) is 0.496. The molecule has 2 aromatic rings. The van der Waals surface area contributed by atoms with Crippen LogP contribution in [0.3, 0.4) is 0 Å². The summed E-state index contributed by atoms with van der Waals surface area (Å²) in [7, 11) is -3.94. The summed E-state index contributed by atoms with van der Waals surface area (Å²) in [6.07, 6.45) is 1.61. The van der Waals surface area contributed by atoms with Crippen LogP contribution in [0.15, 0.2) is 42.5 Å². The Labute approximate surface area is 209 Å². The van der Waals surface area contributed by atoms with Crippen molar-refractivity contribution in [2.75, 3.05) is 17.1 Å². The Balaban J connectivity index is 2.42. The number of sulfonamides is 1. The van der Waals surface area contributed by atoms with Gasteiger partial charge in [-0.3, -0.25) is 13.9 Å². The van der Waals surface area contributed by atoms with E-state index >= 15 is 0 Å². The van der Waals surface area contributed by atoms with Crippen molar-refractivity contribution in [3.05, 3.63) is 63.9 Å². The predicted octanol–water partition coefficient (Wildman–Crippen LogP) is 4.23. The number of anilines is 1. The van der Waals surface area contributed by atoms with Crippen molar-refractivity contribution in [3.63, 3.8) is 0 Å². The molecule has 0 aliphatic heterocycles. The Morgan fingerprint density at radius 1 is 1.12 bits per heavy atom. The summed E-state index contributed by atoms with van der Waals surface area (Å²) in [6, 6.07) is 8.61. The molecule has 2 amide bonds. The lowest BCUT2D eigenvalue weighted by Crippen LogP contribution is -2.52. The molecule has 2 atom stereocenters. The van der Waals surface area contributed by atoms with E-state index < -0.39 is 40.2 Å². The van der Waals surface area contributed by atoms with E-state index in [4.69, 9.17) is 23.2 Å². The van der Waals surface area contributed by atoms with Crippen LogP contribution in [0.25, 0.3) is 0 Å². The molecular formula is C23H28Cl2FN3O4S. The van der Waals surface area contributed by atoms with Crippen molar-refractivity contribution in [2.24, 2.45) is 0 Å². The summed E-state index contributed by atoms with van der Waals surface area (Å²) in [6.45, 7) is 4.60. The monoisotopic (exact) mass is 531 g/mol. The molecule has 7 nitrogen and oxygen atoms in total. The first-order valence-corrected chi connectivity index (χ1v) is 13.2. The Hall–Kier alpha value is -2.36. The highest BCUT2D eigenvalue weighted by Gasteiger charge is 2.31. The maximum absolute atomic E-state index is 13.8. The standard InChI is InChI=1S/C23H28Cl2FN3O4S/c1-5-15(2)27-23(31)16(3)28(13-17-9-10-18(24)11-21(17)25)22(30)14-29(34(4,32)33)20-8-6-7-19(26)12-20/h6-12,15-16H,5,13-14H2,1-4H3,(H,27,31)/t15-,16-/m1/s1. The van der Waals surface area contributed by atoms with Gasteiger partial charge in [0.1, 0.15) is 18.4 Å². The lowest BCUT2D eigenvalue weighted by Gasteiger charge is -2.32. The van der Waals surface area contributed by atoms with Gasteiger partial charge in [0.15, 0.2) is 0 Å². The van der Waals surface area contributed by atoms with E-state index in [2.05, 4.69) is 5.32 Å². The SMILES string of the molecule is CC[C@@H](C)NC(=O)[C@@H](C)N(Cc1ccc(Cl)cc1Cl)C(=O)CN(c1cccc(F)c1)S(C)(=O)=O. The van der Waals surface area contributed by atoms with Crippen LogP contribution < -0.4 is 9.62 Å². The highest BCUT2D eigenvalue weighted by atomic mass is 35.5. The second-order valence-corrected chi connectivity index (χ2v) is 10.8. The van der Waals surface area contributed by atoms with Gasteiger partial charge in [-0.05, 0) is 56.2 Å². The molecule has 2 rings (SSSR count). The topological polar surface area (TPSA) is 86.8 Å². The second-order valence-electron chi connectivity index (χ2n) is 8.00. The molecule has 0 radical (unpaired) electrons. The third kappa shape index (κ3) is 7.58. The fourth-order valence-electron chi connectivity index (χ4n) is 3.13. The van der Waals surface area contributed by atoms with E-state index in [9.17, 15) is 22.4 Å². The number of benzene rings is 2. The molecule has 0 bridgehead atoms. The molecule has 0 aliphatic rings. The van der Waals surface area contributed by atoms with Gasteiger partial charge in [-0.15, -0.1) is 0 Å². The van der Waals surface area contributed by atoms with Crippen LogP contribution in [0.2, 0.25) is 10.0 Å². The summed E-state index contributed by atoms with van der Waals surface area (Å²) in [5.41, 5.74) is 0.524. The van der Waals surface area contributed by atoms with Crippen molar-refractivity contribution in [2.45, 2.75) is 45.8 Å². The average molecular weight is 532 g/mol. The first kappa shape index (κ1) is 27.9. The Bertz CT molecular complexity index is 1150. The van der Waals surface area contributed by atoms with E-state index in [0.717, 1.165) is 16.6 Å². The minimum atomic E-state index is -3.94. The summed E-state index contributed by atoms with van der Waals surface area (Å²) in [5, 5.41) is 3.53. The van der Waals surface area contributed by atoms with Gasteiger partial charge in [-0.25, -0.2) is 12.8 Å². The summed E-state index contributed by atoms with van der Waals surface area (Å²) < 4.78 is 39.5. The molecule has 0 heterocycles. The zero-order chi connectivity index (χ0) is 25.6. The number of amides is 2. The number of nitrogens with one attached hydrogen (secondary N) is 1. The normalized spacial score (nSPS) is 13.1. The highest BCUT2D eigenvalue weighted by Crippen LogP contribution is 2.24. The van der Waals surface area contributed by atoms with Crippen LogP contribution in [0.1, 0.15) is 32.8 Å². The van der Waals surface area contributed by atoms with Crippen LogP contribution in [-0.2, 0) is 26.2 Å². The van der Waals surface area contributed by atoms with Gasteiger partial charge >= 0.3 is 0 Å². The highest BCUT2D eigenvalue weighted by molar-refractivity contribution is 7.92. The number of rotatable bonds is 10. The van der Waals surface area contributed by atoms with Crippen molar-refractivity contribution < 1.29 is 22.4 Å². The maximum atomic E-state index is 13.8. The molecule has 0 spiro atoms. The van der Waals surface area contributed by atoms with Gasteiger partial charge in [0.25, 0.3) is 0 Å². The maximum Gasteiger partial charge on any atom is 0.244 e. The molecule has 0 aromatic heterocycles. The Kier molecular flexibility index (Phi) is 9.73. The zero-order valence-electron chi connectivity index (χ0n) is 19.4. The third-order valence-electron chi connectivity index (χ3n) is 5.30. The molecular weight excluding hydrogens is 504 g/mol. The number of carbonyl (C=O) groups excluding carboxylic acids is 2. The number of nitrogens with zero attached hydrogens (tertiary/aromatic N) is 2. The van der Waals surface area contributed by atoms with Crippen molar-refractivity contribution in [3.8, 4) is 0 Å². The number of hydrogen-bond acceptors (Lipinski definition) is 4. The minimum absolute atomic E-state index is 0.00275. The van der Waals surface area contributed by atoms with Crippen LogP contribution in [0, 0.1) is 5.82 Å². The first-order chi connectivity index (χ1) is 15.8. The lowest BCUT2D eigenvalue weighted by atomic mass is 10.1. The van der Waals surface area contributed by atoms with Gasteiger partial charge in [0, 0.05) is 22.6 Å². The van der Waals surface area contributed by atoms with Crippen LogP contribution in [-0.4, -0.2) is 50.0 Å². The fraction of sp³-hybridized carbons (Fsp3) is 0.391. The van der Waals surface area contributed by atoms with Gasteiger partial charge in [0.2, 0.25) is 21.8 Å². The van der Waals surface area contributed by atoms with Crippen LogP contribution in [0.5, 0.6) is 0 Å².